The van der Waals surface area contributed by atoms with Gasteiger partial charge in [-0.3, -0.25) is 14.2 Å². The molecule has 0 saturated carbocycles. The summed E-state index contributed by atoms with van der Waals surface area (Å²) in [6.07, 6.45) is 3.90. The second-order valence-electron chi connectivity index (χ2n) is 8.90. The summed E-state index contributed by atoms with van der Waals surface area (Å²) in [4.78, 5) is 34.2. The lowest BCUT2D eigenvalue weighted by molar-refractivity contribution is 0.0677. The van der Waals surface area contributed by atoms with Gasteiger partial charge in [0.2, 0.25) is 0 Å². The molecule has 180 valence electrons. The van der Waals surface area contributed by atoms with Gasteiger partial charge >= 0.3 is 0 Å². The average molecular weight is 468 g/mol. The Kier molecular flexibility index (Phi) is 7.76. The fourth-order valence-corrected chi connectivity index (χ4v) is 4.45. The summed E-state index contributed by atoms with van der Waals surface area (Å²) in [6.45, 7) is 6.82. The minimum absolute atomic E-state index is 0.0514. The molecule has 4 aromatic rings. The van der Waals surface area contributed by atoms with E-state index >= 15 is 0 Å². The molecule has 1 atom stereocenters. The average Bonchev–Trinajstić information content (AvgIpc) is 2.91. The topological polar surface area (TPSA) is 55.2 Å². The lowest BCUT2D eigenvalue weighted by atomic mass is 10.1. The molecule has 0 spiro atoms. The zero-order valence-electron chi connectivity index (χ0n) is 20.8. The van der Waals surface area contributed by atoms with Crippen molar-refractivity contribution in [1.82, 2.24) is 14.5 Å². The third-order valence-corrected chi connectivity index (χ3v) is 6.53. The van der Waals surface area contributed by atoms with E-state index in [9.17, 15) is 9.59 Å². The van der Waals surface area contributed by atoms with Crippen LogP contribution in [0.15, 0.2) is 83.7 Å². The molecule has 0 saturated heterocycles. The van der Waals surface area contributed by atoms with Gasteiger partial charge in [0.05, 0.1) is 22.6 Å². The molecule has 5 nitrogen and oxygen atoms in total. The molecular weight excluding hydrogens is 434 g/mol. The first-order chi connectivity index (χ1) is 17.0. The third kappa shape index (κ3) is 5.19. The van der Waals surface area contributed by atoms with E-state index in [1.165, 1.54) is 5.56 Å². The first-order valence-corrected chi connectivity index (χ1v) is 12.5. The number of nitrogens with zero attached hydrogens (tertiary/aromatic N) is 3. The molecule has 4 rings (SSSR count). The highest BCUT2D eigenvalue weighted by atomic mass is 16.2. The van der Waals surface area contributed by atoms with Crippen LogP contribution in [0.4, 0.5) is 0 Å². The SMILES string of the molecule is CCCCCN(C(=O)c1ccccc1)C(C)c1nc2ccccc2c(=O)n1-c1ccc(CC)cc1. The molecule has 5 heteroatoms. The number of aryl methyl sites for hydroxylation is 1. The molecular formula is C30H33N3O2. The molecule has 35 heavy (non-hydrogen) atoms. The highest BCUT2D eigenvalue weighted by Crippen LogP contribution is 2.25. The van der Waals surface area contributed by atoms with Crippen molar-refractivity contribution in [3.8, 4) is 5.69 Å². The van der Waals surface area contributed by atoms with Gasteiger partial charge in [-0.25, -0.2) is 4.98 Å². The summed E-state index contributed by atoms with van der Waals surface area (Å²) in [5.74, 6) is 0.517. The first kappa shape index (κ1) is 24.4. The highest BCUT2D eigenvalue weighted by Gasteiger charge is 2.27. The Balaban J connectivity index is 1.87. The number of carbonyl (C=O) groups excluding carboxylic acids is 1. The van der Waals surface area contributed by atoms with Crippen LogP contribution in [-0.2, 0) is 6.42 Å². The van der Waals surface area contributed by atoms with Crippen LogP contribution in [0.25, 0.3) is 16.6 Å². The van der Waals surface area contributed by atoms with Gasteiger partial charge in [0.25, 0.3) is 11.5 Å². The van der Waals surface area contributed by atoms with Crippen molar-refractivity contribution in [3.63, 3.8) is 0 Å². The van der Waals surface area contributed by atoms with Crippen LogP contribution in [-0.4, -0.2) is 26.9 Å². The summed E-state index contributed by atoms with van der Waals surface area (Å²) in [6, 6.07) is 24.4. The van der Waals surface area contributed by atoms with Gasteiger partial charge in [0.1, 0.15) is 5.82 Å². The molecule has 0 aliphatic carbocycles. The fourth-order valence-electron chi connectivity index (χ4n) is 4.45. The van der Waals surface area contributed by atoms with Crippen molar-refractivity contribution in [2.75, 3.05) is 6.54 Å². The van der Waals surface area contributed by atoms with E-state index in [0.717, 1.165) is 31.4 Å². The second kappa shape index (κ2) is 11.1. The van der Waals surface area contributed by atoms with Crippen LogP contribution in [0.5, 0.6) is 0 Å². The molecule has 0 aliphatic rings. The molecule has 0 radical (unpaired) electrons. The third-order valence-electron chi connectivity index (χ3n) is 6.53. The predicted molar refractivity (Wildman–Crippen MR) is 142 cm³/mol. The number of hydrogen-bond acceptors (Lipinski definition) is 3. The molecule has 1 amide bonds. The maximum absolute atomic E-state index is 13.8. The Morgan fingerprint density at radius 1 is 0.914 bits per heavy atom. The van der Waals surface area contributed by atoms with Gasteiger partial charge in [0, 0.05) is 12.1 Å². The van der Waals surface area contributed by atoms with Crippen molar-refractivity contribution in [3.05, 3.63) is 106 Å². The van der Waals surface area contributed by atoms with E-state index in [0.29, 0.717) is 28.8 Å². The standard InChI is InChI=1S/C30H33N3O2/c1-4-6-12-21-32(29(34)24-13-8-7-9-14-24)22(3)28-31-27-16-11-10-15-26(27)30(35)33(28)25-19-17-23(5-2)18-20-25/h7-11,13-20,22H,4-6,12,21H2,1-3H3. The number of carbonyl (C=O) groups is 1. The minimum atomic E-state index is -0.400. The van der Waals surface area contributed by atoms with E-state index in [1.807, 2.05) is 90.7 Å². The van der Waals surface area contributed by atoms with Crippen molar-refractivity contribution in [2.24, 2.45) is 0 Å². The summed E-state index contributed by atoms with van der Waals surface area (Å²) in [5, 5.41) is 0.565. The Morgan fingerprint density at radius 2 is 1.60 bits per heavy atom. The normalized spacial score (nSPS) is 12.0. The van der Waals surface area contributed by atoms with E-state index in [4.69, 9.17) is 4.98 Å². The van der Waals surface area contributed by atoms with E-state index in [2.05, 4.69) is 13.8 Å². The van der Waals surface area contributed by atoms with Gasteiger partial charge in [0.15, 0.2) is 0 Å². The highest BCUT2D eigenvalue weighted by molar-refractivity contribution is 5.94. The number of fused-ring (bicyclic) bond motifs is 1. The van der Waals surface area contributed by atoms with Gasteiger partial charge in [-0.15, -0.1) is 0 Å². The van der Waals surface area contributed by atoms with Gasteiger partial charge in [-0.05, 0) is 61.7 Å². The first-order valence-electron chi connectivity index (χ1n) is 12.5. The molecule has 1 heterocycles. The zero-order valence-corrected chi connectivity index (χ0v) is 20.8. The Morgan fingerprint density at radius 3 is 2.29 bits per heavy atom. The van der Waals surface area contributed by atoms with Gasteiger partial charge < -0.3 is 4.90 Å². The fraction of sp³-hybridized carbons (Fsp3) is 0.300. The molecule has 0 aliphatic heterocycles. The quantitative estimate of drug-likeness (QED) is 0.270. The largest absolute Gasteiger partial charge is 0.329 e. The number of unbranched alkanes of at least 4 members (excludes halogenated alkanes) is 2. The molecule has 3 aromatic carbocycles. The van der Waals surface area contributed by atoms with E-state index < -0.39 is 6.04 Å². The minimum Gasteiger partial charge on any atom is -0.329 e. The van der Waals surface area contributed by atoms with Gasteiger partial charge in [-0.1, -0.05) is 69.2 Å². The summed E-state index contributed by atoms with van der Waals surface area (Å²) < 4.78 is 1.68. The molecule has 0 bridgehead atoms. The maximum Gasteiger partial charge on any atom is 0.266 e. The van der Waals surface area contributed by atoms with Crippen molar-refractivity contribution in [2.45, 2.75) is 52.5 Å². The van der Waals surface area contributed by atoms with Crippen molar-refractivity contribution < 1.29 is 4.79 Å². The lowest BCUT2D eigenvalue weighted by Crippen LogP contribution is -2.38. The second-order valence-corrected chi connectivity index (χ2v) is 8.90. The van der Waals surface area contributed by atoms with Gasteiger partial charge in [-0.2, -0.15) is 0 Å². The predicted octanol–water partition coefficient (Wildman–Crippen LogP) is 6.34. The van der Waals surface area contributed by atoms with E-state index in [-0.39, 0.29) is 11.5 Å². The van der Waals surface area contributed by atoms with Crippen LogP contribution < -0.4 is 5.56 Å². The molecule has 0 N–H and O–H groups in total. The number of amides is 1. The molecule has 1 aromatic heterocycles. The summed E-state index contributed by atoms with van der Waals surface area (Å²) in [5.41, 5.74) is 3.11. The van der Waals surface area contributed by atoms with E-state index in [1.54, 1.807) is 4.57 Å². The van der Waals surface area contributed by atoms with Crippen LogP contribution in [0, 0.1) is 0 Å². The number of benzene rings is 3. The number of para-hydroxylation sites is 1. The number of rotatable bonds is 9. The lowest BCUT2D eigenvalue weighted by Gasteiger charge is -2.31. The van der Waals surface area contributed by atoms with Crippen LogP contribution in [0.2, 0.25) is 0 Å². The molecule has 1 unspecified atom stereocenters. The maximum atomic E-state index is 13.8. The Hall–Kier alpha value is -3.73. The summed E-state index contributed by atoms with van der Waals surface area (Å²) in [7, 11) is 0. The number of aromatic nitrogens is 2. The van der Waals surface area contributed by atoms with Crippen molar-refractivity contribution >= 4 is 16.8 Å². The van der Waals surface area contributed by atoms with Crippen LogP contribution >= 0.6 is 0 Å². The monoisotopic (exact) mass is 467 g/mol. The smallest absolute Gasteiger partial charge is 0.266 e. The molecule has 0 fully saturated rings. The summed E-state index contributed by atoms with van der Waals surface area (Å²) >= 11 is 0. The van der Waals surface area contributed by atoms with Crippen LogP contribution in [0.1, 0.15) is 67.8 Å². The Bertz CT molecular complexity index is 1340. The number of hydrogen-bond donors (Lipinski definition) is 0. The van der Waals surface area contributed by atoms with Crippen LogP contribution in [0.3, 0.4) is 0 Å². The zero-order chi connectivity index (χ0) is 24.8. The van der Waals surface area contributed by atoms with Crippen molar-refractivity contribution in [1.29, 1.82) is 0 Å². The Labute approximate surface area is 207 Å².